The number of benzene rings is 2. The minimum atomic E-state index is -1.76. The first-order valence-electron chi connectivity index (χ1n) is 9.66. The van der Waals surface area contributed by atoms with Crippen molar-refractivity contribution < 1.29 is 72.3 Å². The Morgan fingerprint density at radius 1 is 0.824 bits per heavy atom. The Morgan fingerprint density at radius 2 is 1.47 bits per heavy atom. The number of aromatic hydroxyl groups is 5. The van der Waals surface area contributed by atoms with E-state index in [1.807, 2.05) is 0 Å². The Balaban J connectivity index is 0.00000324. The lowest BCUT2D eigenvalue weighted by Gasteiger charge is -2.39. The summed E-state index contributed by atoms with van der Waals surface area (Å²) in [7, 11) is 0. The molecule has 0 bridgehead atoms. The van der Waals surface area contributed by atoms with Crippen LogP contribution in [0, 0.1) is 0 Å². The summed E-state index contributed by atoms with van der Waals surface area (Å²) in [5.74, 6) is -3.32. The number of fused-ring (bicyclic) bond motifs is 1. The number of phenols is 5. The van der Waals surface area contributed by atoms with Crippen LogP contribution in [-0.2, 0) is 4.74 Å². The van der Waals surface area contributed by atoms with Crippen molar-refractivity contribution >= 4 is 11.0 Å². The third-order valence-corrected chi connectivity index (χ3v) is 5.24. The maximum Gasteiger partial charge on any atom is 0.402 e. The van der Waals surface area contributed by atoms with Crippen molar-refractivity contribution in [3.8, 4) is 45.8 Å². The molecule has 3 aromatic rings. The molecule has 9 N–H and O–H groups in total. The molecule has 0 saturated carbocycles. The average Bonchev–Trinajstić information content (AvgIpc) is 2.77. The summed E-state index contributed by atoms with van der Waals surface area (Å²) in [5, 5.41) is 89.2. The van der Waals surface area contributed by atoms with Gasteiger partial charge >= 0.3 is 11.3 Å². The molecule has 0 aliphatic carbocycles. The van der Waals surface area contributed by atoms with E-state index in [1.54, 1.807) is 0 Å². The van der Waals surface area contributed by atoms with Gasteiger partial charge in [0.15, 0.2) is 17.2 Å². The molecule has 184 valence electrons. The van der Waals surface area contributed by atoms with Crippen molar-refractivity contribution in [3.05, 3.63) is 30.3 Å². The van der Waals surface area contributed by atoms with Crippen molar-refractivity contribution in [2.24, 2.45) is 0 Å². The van der Waals surface area contributed by atoms with Gasteiger partial charge in [0.25, 0.3) is 0 Å². The minimum Gasteiger partial charge on any atom is -1.00 e. The summed E-state index contributed by atoms with van der Waals surface area (Å²) in [6.07, 6.45) is -7.99. The van der Waals surface area contributed by atoms with E-state index in [-0.39, 0.29) is 46.2 Å². The van der Waals surface area contributed by atoms with E-state index in [2.05, 4.69) is 0 Å². The normalized spacial score (nSPS) is 24.5. The Hall–Kier alpha value is -3.26. The summed E-state index contributed by atoms with van der Waals surface area (Å²) in [5.41, 5.74) is -0.0529. The van der Waals surface area contributed by atoms with Crippen molar-refractivity contribution in [1.29, 1.82) is 0 Å². The molecule has 2 aromatic carbocycles. The zero-order chi connectivity index (χ0) is 24.0. The first-order chi connectivity index (χ1) is 15.6. The maximum atomic E-state index is 10.3. The lowest BCUT2D eigenvalue weighted by atomic mass is 9.99. The van der Waals surface area contributed by atoms with Gasteiger partial charge in [-0.15, -0.1) is 0 Å². The van der Waals surface area contributed by atoms with Crippen LogP contribution in [0.25, 0.3) is 22.3 Å². The van der Waals surface area contributed by atoms with E-state index >= 15 is 0 Å². The monoisotopic (exact) mass is 500 g/mol. The molecule has 4 rings (SSSR count). The molecule has 5 atom stereocenters. The number of aliphatic hydroxyl groups excluding tert-OH is 4. The second kappa shape index (κ2) is 9.54. The van der Waals surface area contributed by atoms with E-state index in [0.717, 1.165) is 18.2 Å². The molecule has 1 saturated heterocycles. The first-order valence-corrected chi connectivity index (χ1v) is 9.66. The van der Waals surface area contributed by atoms with Gasteiger partial charge in [-0.05, 0) is 0 Å². The molecule has 1 aromatic heterocycles. The zero-order valence-electron chi connectivity index (χ0n) is 17.1. The fraction of sp³-hybridized carbons (Fsp3) is 0.286. The summed E-state index contributed by atoms with van der Waals surface area (Å²) in [4.78, 5) is 0. The van der Waals surface area contributed by atoms with Crippen LogP contribution in [-0.4, -0.2) is 83.3 Å². The molecule has 12 nitrogen and oxygen atoms in total. The highest BCUT2D eigenvalue weighted by atomic mass is 35.5. The summed E-state index contributed by atoms with van der Waals surface area (Å²) in [6, 6.07) is 5.51. The number of hydrogen-bond acceptors (Lipinski definition) is 11. The molecule has 0 spiro atoms. The minimum absolute atomic E-state index is 0. The van der Waals surface area contributed by atoms with Crippen LogP contribution in [0.3, 0.4) is 0 Å². The van der Waals surface area contributed by atoms with Gasteiger partial charge in [-0.3, -0.25) is 0 Å². The quantitative estimate of drug-likeness (QED) is 0.130. The highest BCUT2D eigenvalue weighted by molar-refractivity contribution is 5.88. The van der Waals surface area contributed by atoms with Crippen LogP contribution in [0.4, 0.5) is 0 Å². The maximum absolute atomic E-state index is 10.3. The van der Waals surface area contributed by atoms with Gasteiger partial charge in [-0.2, -0.15) is 0 Å². The molecule has 34 heavy (non-hydrogen) atoms. The van der Waals surface area contributed by atoms with Gasteiger partial charge in [-0.25, -0.2) is 4.42 Å². The van der Waals surface area contributed by atoms with Crippen molar-refractivity contribution in [1.82, 2.24) is 0 Å². The fourth-order valence-corrected chi connectivity index (χ4v) is 3.50. The van der Waals surface area contributed by atoms with Crippen molar-refractivity contribution in [2.45, 2.75) is 30.7 Å². The summed E-state index contributed by atoms with van der Waals surface area (Å²) >= 11 is 0. The standard InChI is InChI=1S/C21H20O12.ClH/c22-6-15-17(28)18(29)19(30)21(33-15)32-14-5-9-10(24)3-8(23)4-13(9)31-20(14)7-1-11(25)16(27)12(26)2-7;/h1-5,15,17-19,21-22,28-30H,6H2,(H4-,23,24,25,26,27);1H. The number of halogens is 1. The van der Waals surface area contributed by atoms with Gasteiger partial charge in [0.05, 0.1) is 18.2 Å². The van der Waals surface area contributed by atoms with Gasteiger partial charge in [0, 0.05) is 24.3 Å². The number of hydrogen-bond donors (Lipinski definition) is 9. The van der Waals surface area contributed by atoms with Gasteiger partial charge in [0.2, 0.25) is 12.0 Å². The highest BCUT2D eigenvalue weighted by Crippen LogP contribution is 2.44. The molecule has 2 heterocycles. The highest BCUT2D eigenvalue weighted by Gasteiger charge is 2.45. The Labute approximate surface area is 197 Å². The van der Waals surface area contributed by atoms with E-state index in [0.29, 0.717) is 0 Å². The number of aliphatic hydroxyl groups is 4. The van der Waals surface area contributed by atoms with E-state index in [1.165, 1.54) is 12.1 Å². The number of rotatable bonds is 4. The van der Waals surface area contributed by atoms with Gasteiger partial charge < -0.3 is 67.8 Å². The predicted octanol–water partition coefficient (Wildman–Crippen LogP) is -2.91. The van der Waals surface area contributed by atoms with Gasteiger partial charge in [0.1, 0.15) is 41.3 Å². The molecule has 1 aliphatic rings. The van der Waals surface area contributed by atoms with E-state index < -0.39 is 60.3 Å². The molecule has 1 aliphatic heterocycles. The molecule has 0 amide bonds. The molecule has 5 unspecified atom stereocenters. The molecule has 1 fully saturated rings. The van der Waals surface area contributed by atoms with Crippen molar-refractivity contribution in [2.75, 3.05) is 6.61 Å². The van der Waals surface area contributed by atoms with Gasteiger partial charge in [-0.1, -0.05) is 0 Å². The summed E-state index contributed by atoms with van der Waals surface area (Å²) < 4.78 is 16.7. The molecular weight excluding hydrogens is 480 g/mol. The second-order valence-corrected chi connectivity index (χ2v) is 7.49. The van der Waals surface area contributed by atoms with Crippen LogP contribution in [0.1, 0.15) is 0 Å². The van der Waals surface area contributed by atoms with Crippen LogP contribution >= 0.6 is 0 Å². The third-order valence-electron chi connectivity index (χ3n) is 5.24. The number of ether oxygens (including phenoxy) is 2. The molecule has 13 heteroatoms. The number of phenolic OH excluding ortho intramolecular Hbond substituents is 5. The van der Waals surface area contributed by atoms with E-state index in [4.69, 9.17) is 13.9 Å². The smallest absolute Gasteiger partial charge is 0.402 e. The molecular formula is C21H21ClO12. The topological polar surface area (TPSA) is 212 Å². The largest absolute Gasteiger partial charge is 1.00 e. The van der Waals surface area contributed by atoms with Crippen molar-refractivity contribution in [3.63, 3.8) is 0 Å². The Morgan fingerprint density at radius 3 is 2.09 bits per heavy atom. The SMILES string of the molecule is OCC1OC(Oc2cc3c(O)cc(O)cc3[o+]c2-c2cc(O)c(O)c(O)c2)C(O)C(O)C1O.[Cl-]. The second-order valence-electron chi connectivity index (χ2n) is 7.49. The third kappa shape index (κ3) is 4.42. The average molecular weight is 501 g/mol. The predicted molar refractivity (Wildman–Crippen MR) is 109 cm³/mol. The first kappa shape index (κ1) is 25.4. The van der Waals surface area contributed by atoms with E-state index in [9.17, 15) is 46.0 Å². The van der Waals surface area contributed by atoms with Crippen LogP contribution in [0.15, 0.2) is 34.7 Å². The zero-order valence-corrected chi connectivity index (χ0v) is 17.9. The Bertz CT molecular complexity index is 1180. The lowest BCUT2D eigenvalue weighted by Crippen LogP contribution is -3.00. The summed E-state index contributed by atoms with van der Waals surface area (Å²) in [6.45, 7) is -0.695. The van der Waals surface area contributed by atoms with Crippen LogP contribution in [0.2, 0.25) is 0 Å². The van der Waals surface area contributed by atoms with Crippen LogP contribution < -0.4 is 17.1 Å². The fourth-order valence-electron chi connectivity index (χ4n) is 3.50. The Kier molecular flexibility index (Phi) is 7.12. The van der Waals surface area contributed by atoms with Crippen LogP contribution in [0.5, 0.6) is 34.5 Å². The lowest BCUT2D eigenvalue weighted by molar-refractivity contribution is -0.277. The molecule has 0 radical (unpaired) electrons.